The molecule has 0 saturated carbocycles. The van der Waals surface area contributed by atoms with E-state index in [2.05, 4.69) is 4.72 Å². The van der Waals surface area contributed by atoms with Gasteiger partial charge in [-0.2, -0.15) is 0 Å². The van der Waals surface area contributed by atoms with Crippen LogP contribution >= 0.6 is 0 Å². The second-order valence-electron chi connectivity index (χ2n) is 5.12. The molecule has 2 rings (SSSR count). The van der Waals surface area contributed by atoms with E-state index in [4.69, 9.17) is 15.2 Å². The van der Waals surface area contributed by atoms with E-state index >= 15 is 0 Å². The monoisotopic (exact) mass is 278 g/mol. The van der Waals surface area contributed by atoms with E-state index in [1.54, 1.807) is 0 Å². The van der Waals surface area contributed by atoms with Crippen LogP contribution in [0.25, 0.3) is 0 Å². The third-order valence-electron chi connectivity index (χ3n) is 3.64. The Morgan fingerprint density at radius 1 is 1.28 bits per heavy atom. The van der Waals surface area contributed by atoms with Crippen LogP contribution in [0.15, 0.2) is 0 Å². The standard InChI is InChI=1S/C11H22N2O4S/c12-9-11(3-6-16-7-4-11)13-18(14,15)8-10-2-1-5-17-10/h10,13H,1-9,12H2. The molecule has 2 saturated heterocycles. The summed E-state index contributed by atoms with van der Waals surface area (Å²) >= 11 is 0. The third kappa shape index (κ3) is 3.64. The average Bonchev–Trinajstić information content (AvgIpc) is 2.81. The molecule has 0 aromatic carbocycles. The minimum absolute atomic E-state index is 0.0373. The first-order valence-electron chi connectivity index (χ1n) is 6.46. The maximum Gasteiger partial charge on any atom is 0.214 e. The fourth-order valence-corrected chi connectivity index (χ4v) is 4.28. The highest BCUT2D eigenvalue weighted by molar-refractivity contribution is 7.89. The summed E-state index contributed by atoms with van der Waals surface area (Å²) in [6.45, 7) is 2.08. The van der Waals surface area contributed by atoms with Gasteiger partial charge in [-0.25, -0.2) is 13.1 Å². The van der Waals surface area contributed by atoms with Crippen molar-refractivity contribution in [3.63, 3.8) is 0 Å². The zero-order valence-electron chi connectivity index (χ0n) is 10.6. The third-order valence-corrected chi connectivity index (χ3v) is 5.20. The molecule has 3 N–H and O–H groups in total. The summed E-state index contributed by atoms with van der Waals surface area (Å²) in [7, 11) is -3.35. The molecule has 7 heteroatoms. The van der Waals surface area contributed by atoms with Crippen molar-refractivity contribution < 1.29 is 17.9 Å². The first-order chi connectivity index (χ1) is 8.55. The van der Waals surface area contributed by atoms with Crippen molar-refractivity contribution in [2.75, 3.05) is 32.1 Å². The van der Waals surface area contributed by atoms with Crippen molar-refractivity contribution in [1.29, 1.82) is 0 Å². The van der Waals surface area contributed by atoms with Crippen LogP contribution in [-0.4, -0.2) is 52.2 Å². The highest BCUT2D eigenvalue weighted by atomic mass is 32.2. The van der Waals surface area contributed by atoms with E-state index in [-0.39, 0.29) is 11.9 Å². The van der Waals surface area contributed by atoms with Crippen LogP contribution in [0, 0.1) is 0 Å². The molecule has 1 unspecified atom stereocenters. The highest BCUT2D eigenvalue weighted by Crippen LogP contribution is 2.22. The van der Waals surface area contributed by atoms with Gasteiger partial charge in [0.05, 0.1) is 11.9 Å². The molecule has 6 nitrogen and oxygen atoms in total. The van der Waals surface area contributed by atoms with Gasteiger partial charge in [-0.15, -0.1) is 0 Å². The molecule has 0 aromatic heterocycles. The van der Waals surface area contributed by atoms with Crippen LogP contribution in [-0.2, 0) is 19.5 Å². The Labute approximate surface area is 108 Å². The number of rotatable bonds is 5. The summed E-state index contributed by atoms with van der Waals surface area (Å²) in [4.78, 5) is 0. The van der Waals surface area contributed by atoms with E-state index < -0.39 is 15.6 Å². The lowest BCUT2D eigenvalue weighted by molar-refractivity contribution is 0.0500. The van der Waals surface area contributed by atoms with Gasteiger partial charge in [-0.1, -0.05) is 0 Å². The van der Waals surface area contributed by atoms with Crippen LogP contribution in [0.2, 0.25) is 0 Å². The van der Waals surface area contributed by atoms with Gasteiger partial charge in [-0.3, -0.25) is 0 Å². The molecule has 0 bridgehead atoms. The Morgan fingerprint density at radius 3 is 2.56 bits per heavy atom. The largest absolute Gasteiger partial charge is 0.381 e. The number of ether oxygens (including phenoxy) is 2. The Bertz CT molecular complexity index is 359. The summed E-state index contributed by atoms with van der Waals surface area (Å²) in [5, 5.41) is 0. The fourth-order valence-electron chi connectivity index (χ4n) is 2.50. The summed E-state index contributed by atoms with van der Waals surface area (Å²) in [6, 6.07) is 0. The van der Waals surface area contributed by atoms with Gasteiger partial charge in [0.15, 0.2) is 0 Å². The summed E-state index contributed by atoms with van der Waals surface area (Å²) < 4.78 is 37.7. The molecule has 0 spiro atoms. The van der Waals surface area contributed by atoms with Gasteiger partial charge in [0.2, 0.25) is 10.0 Å². The Morgan fingerprint density at radius 2 is 2.00 bits per heavy atom. The van der Waals surface area contributed by atoms with E-state index in [0.29, 0.717) is 39.2 Å². The topological polar surface area (TPSA) is 90.7 Å². The van der Waals surface area contributed by atoms with E-state index in [9.17, 15) is 8.42 Å². The molecule has 18 heavy (non-hydrogen) atoms. The van der Waals surface area contributed by atoms with Crippen LogP contribution in [0.5, 0.6) is 0 Å². The van der Waals surface area contributed by atoms with Crippen molar-refractivity contribution in [2.24, 2.45) is 5.73 Å². The minimum Gasteiger partial charge on any atom is -0.381 e. The molecule has 2 fully saturated rings. The first-order valence-corrected chi connectivity index (χ1v) is 8.12. The summed E-state index contributed by atoms with van der Waals surface area (Å²) in [5.41, 5.74) is 5.21. The number of hydrogen-bond acceptors (Lipinski definition) is 5. The molecule has 2 aliphatic rings. The van der Waals surface area contributed by atoms with Crippen molar-refractivity contribution in [1.82, 2.24) is 4.72 Å². The molecule has 106 valence electrons. The van der Waals surface area contributed by atoms with Crippen molar-refractivity contribution in [3.8, 4) is 0 Å². The van der Waals surface area contributed by atoms with Gasteiger partial charge < -0.3 is 15.2 Å². The maximum atomic E-state index is 12.1. The molecule has 2 aliphatic heterocycles. The predicted molar refractivity (Wildman–Crippen MR) is 67.7 cm³/mol. The van der Waals surface area contributed by atoms with E-state index in [1.807, 2.05) is 0 Å². The van der Waals surface area contributed by atoms with E-state index in [1.165, 1.54) is 0 Å². The molecule has 0 radical (unpaired) electrons. The van der Waals surface area contributed by atoms with Gasteiger partial charge in [-0.05, 0) is 25.7 Å². The lowest BCUT2D eigenvalue weighted by atomic mass is 9.92. The van der Waals surface area contributed by atoms with Crippen molar-refractivity contribution in [2.45, 2.75) is 37.3 Å². The van der Waals surface area contributed by atoms with Crippen LogP contribution in [0.3, 0.4) is 0 Å². The molecular formula is C11H22N2O4S. The minimum atomic E-state index is -3.35. The lowest BCUT2D eigenvalue weighted by Gasteiger charge is -2.36. The number of nitrogens with two attached hydrogens (primary N) is 1. The van der Waals surface area contributed by atoms with Crippen molar-refractivity contribution in [3.05, 3.63) is 0 Å². The predicted octanol–water partition coefficient (Wildman–Crippen LogP) is -0.407. The first kappa shape index (κ1) is 14.2. The quantitative estimate of drug-likeness (QED) is 0.713. The van der Waals surface area contributed by atoms with Crippen LogP contribution in [0.4, 0.5) is 0 Å². The van der Waals surface area contributed by atoms with Gasteiger partial charge >= 0.3 is 0 Å². The normalized spacial score (nSPS) is 28.4. The Kier molecular flexibility index (Phi) is 4.60. The average molecular weight is 278 g/mol. The van der Waals surface area contributed by atoms with Gasteiger partial charge in [0.1, 0.15) is 0 Å². The molecule has 0 amide bonds. The number of nitrogens with one attached hydrogen (secondary N) is 1. The summed E-state index contributed by atoms with van der Waals surface area (Å²) in [5.74, 6) is 0.0373. The van der Waals surface area contributed by atoms with Crippen LogP contribution < -0.4 is 10.5 Å². The second-order valence-corrected chi connectivity index (χ2v) is 6.88. The van der Waals surface area contributed by atoms with Crippen LogP contribution in [0.1, 0.15) is 25.7 Å². The number of hydrogen-bond donors (Lipinski definition) is 2. The molecule has 2 heterocycles. The SMILES string of the molecule is NCC1(NS(=O)(=O)CC2CCCO2)CCOCC1. The Hall–Kier alpha value is -0.210. The number of sulfonamides is 1. The van der Waals surface area contributed by atoms with Gasteiger partial charge in [0.25, 0.3) is 0 Å². The molecular weight excluding hydrogens is 256 g/mol. The second kappa shape index (κ2) is 5.83. The fraction of sp³-hybridized carbons (Fsp3) is 1.00. The zero-order valence-corrected chi connectivity index (χ0v) is 11.4. The summed E-state index contributed by atoms with van der Waals surface area (Å²) in [6.07, 6.45) is 2.86. The smallest absolute Gasteiger partial charge is 0.214 e. The molecule has 1 atom stereocenters. The lowest BCUT2D eigenvalue weighted by Crippen LogP contribution is -2.57. The zero-order chi connectivity index (χ0) is 13.1. The molecule has 0 aliphatic carbocycles. The molecule has 0 aromatic rings. The maximum absolute atomic E-state index is 12.1. The van der Waals surface area contributed by atoms with Gasteiger partial charge in [0, 0.05) is 31.9 Å². The van der Waals surface area contributed by atoms with Crippen molar-refractivity contribution >= 4 is 10.0 Å². The van der Waals surface area contributed by atoms with E-state index in [0.717, 1.165) is 12.8 Å². The Balaban J connectivity index is 1.96. The highest BCUT2D eigenvalue weighted by Gasteiger charge is 2.36.